The lowest BCUT2D eigenvalue weighted by Crippen LogP contribution is -2.42. The number of hydrazine groups is 1. The van der Waals surface area contributed by atoms with Crippen molar-refractivity contribution in [3.05, 3.63) is 100 Å². The Morgan fingerprint density at radius 2 is 1.31 bits per heavy atom. The second-order valence-electron chi connectivity index (χ2n) is 7.45. The van der Waals surface area contributed by atoms with Gasteiger partial charge in [0.25, 0.3) is 17.4 Å². The highest BCUT2D eigenvalue weighted by atomic mass is 16.2. The minimum atomic E-state index is -0.660. The van der Waals surface area contributed by atoms with Crippen LogP contribution in [0, 0.1) is 0 Å². The number of nitrogens with one attached hydrogen (secondary N) is 4. The highest BCUT2D eigenvalue weighted by molar-refractivity contribution is 6.06. The van der Waals surface area contributed by atoms with Gasteiger partial charge in [-0.2, -0.15) is 5.10 Å². The third-order valence-corrected chi connectivity index (χ3v) is 5.11. The molecule has 0 aliphatic rings. The Morgan fingerprint density at radius 1 is 0.743 bits per heavy atom. The van der Waals surface area contributed by atoms with Crippen LogP contribution < -0.4 is 27.0 Å². The standard InChI is InChI=1S/C25H22N6O4/c1-2-31-24(34)20-11-7-6-10-19(20)21(30-31)23(33)29-28-22(32)16-12-14-18(15-13-16)27-25(35)26-17-8-4-3-5-9-17/h3-15H,2H2,1H3,(H,28,32)(H,29,33)(H2,26,27,35). The van der Waals surface area contributed by atoms with Gasteiger partial charge < -0.3 is 10.6 Å². The molecule has 4 rings (SSSR count). The summed E-state index contributed by atoms with van der Waals surface area (Å²) in [5, 5.41) is 10.3. The number of urea groups is 1. The summed E-state index contributed by atoms with van der Waals surface area (Å²) >= 11 is 0. The molecule has 10 heteroatoms. The van der Waals surface area contributed by atoms with Gasteiger partial charge in [-0.3, -0.25) is 25.2 Å². The first-order valence-corrected chi connectivity index (χ1v) is 10.8. The van der Waals surface area contributed by atoms with Crippen molar-refractivity contribution in [2.75, 3.05) is 10.6 Å². The molecule has 0 saturated carbocycles. The van der Waals surface area contributed by atoms with Crippen LogP contribution in [0.2, 0.25) is 0 Å². The molecule has 4 N–H and O–H groups in total. The Bertz CT molecular complexity index is 1450. The highest BCUT2D eigenvalue weighted by Gasteiger charge is 2.17. The molecule has 0 fully saturated rings. The molecule has 0 spiro atoms. The van der Waals surface area contributed by atoms with Gasteiger partial charge in [0.2, 0.25) is 0 Å². The minimum Gasteiger partial charge on any atom is -0.308 e. The number of fused-ring (bicyclic) bond motifs is 1. The van der Waals surface area contributed by atoms with E-state index in [2.05, 4.69) is 26.6 Å². The van der Waals surface area contributed by atoms with Crippen molar-refractivity contribution in [2.45, 2.75) is 13.5 Å². The van der Waals surface area contributed by atoms with Crippen LogP contribution >= 0.6 is 0 Å². The highest BCUT2D eigenvalue weighted by Crippen LogP contribution is 2.14. The van der Waals surface area contributed by atoms with Crippen LogP contribution in [-0.2, 0) is 6.54 Å². The van der Waals surface area contributed by atoms with Crippen LogP contribution in [-0.4, -0.2) is 27.6 Å². The number of hydrogen-bond acceptors (Lipinski definition) is 5. The van der Waals surface area contributed by atoms with E-state index in [0.29, 0.717) is 28.7 Å². The van der Waals surface area contributed by atoms with Crippen LogP contribution in [0.5, 0.6) is 0 Å². The molecule has 0 saturated heterocycles. The van der Waals surface area contributed by atoms with Gasteiger partial charge in [0.15, 0.2) is 5.69 Å². The second kappa shape index (κ2) is 10.3. The summed E-state index contributed by atoms with van der Waals surface area (Å²) in [7, 11) is 0. The van der Waals surface area contributed by atoms with E-state index in [0.717, 1.165) is 0 Å². The van der Waals surface area contributed by atoms with Crippen molar-refractivity contribution in [3.8, 4) is 0 Å². The largest absolute Gasteiger partial charge is 0.323 e. The number of aryl methyl sites for hydroxylation is 1. The number of anilines is 2. The third-order valence-electron chi connectivity index (χ3n) is 5.11. The smallest absolute Gasteiger partial charge is 0.308 e. The first-order chi connectivity index (χ1) is 17.0. The maximum absolute atomic E-state index is 12.7. The fraction of sp³-hybridized carbons (Fsp3) is 0.0800. The van der Waals surface area contributed by atoms with Gasteiger partial charge in [0, 0.05) is 28.9 Å². The first-order valence-electron chi connectivity index (χ1n) is 10.8. The number of nitrogens with zero attached hydrogens (tertiary/aromatic N) is 2. The molecule has 0 aliphatic heterocycles. The molecule has 0 atom stereocenters. The number of benzene rings is 3. The zero-order chi connectivity index (χ0) is 24.8. The van der Waals surface area contributed by atoms with E-state index in [9.17, 15) is 19.2 Å². The second-order valence-corrected chi connectivity index (χ2v) is 7.45. The van der Waals surface area contributed by atoms with E-state index in [1.807, 2.05) is 6.07 Å². The monoisotopic (exact) mass is 470 g/mol. The average Bonchev–Trinajstić information content (AvgIpc) is 2.88. The van der Waals surface area contributed by atoms with E-state index < -0.39 is 17.8 Å². The van der Waals surface area contributed by atoms with Crippen molar-refractivity contribution < 1.29 is 14.4 Å². The zero-order valence-electron chi connectivity index (χ0n) is 18.7. The quantitative estimate of drug-likeness (QED) is 0.333. The van der Waals surface area contributed by atoms with E-state index in [-0.39, 0.29) is 16.8 Å². The number of amides is 4. The van der Waals surface area contributed by atoms with Crippen molar-refractivity contribution in [2.24, 2.45) is 0 Å². The lowest BCUT2D eigenvalue weighted by molar-refractivity contribution is 0.0843. The van der Waals surface area contributed by atoms with E-state index in [1.165, 1.54) is 16.8 Å². The summed E-state index contributed by atoms with van der Waals surface area (Å²) in [6, 6.07) is 21.3. The molecule has 4 aromatic rings. The van der Waals surface area contributed by atoms with Crippen LogP contribution in [0.1, 0.15) is 27.8 Å². The number of para-hydroxylation sites is 1. The molecule has 35 heavy (non-hydrogen) atoms. The average molecular weight is 470 g/mol. The Labute approximate surface area is 199 Å². The Morgan fingerprint density at radius 3 is 1.97 bits per heavy atom. The van der Waals surface area contributed by atoms with Gasteiger partial charge in [-0.05, 0) is 49.4 Å². The maximum atomic E-state index is 12.7. The molecular weight excluding hydrogens is 448 g/mol. The predicted octanol–water partition coefficient (Wildman–Crippen LogP) is 3.14. The lowest BCUT2D eigenvalue weighted by atomic mass is 10.1. The van der Waals surface area contributed by atoms with Crippen LogP contribution in [0.15, 0.2) is 83.7 Å². The fourth-order valence-electron chi connectivity index (χ4n) is 3.38. The first kappa shape index (κ1) is 23.2. The fourth-order valence-corrected chi connectivity index (χ4v) is 3.38. The van der Waals surface area contributed by atoms with Gasteiger partial charge in [-0.25, -0.2) is 9.48 Å². The molecule has 4 amide bonds. The number of aromatic nitrogens is 2. The number of carbonyl (C=O) groups excluding carboxylic acids is 3. The molecule has 0 radical (unpaired) electrons. The molecule has 0 aliphatic carbocycles. The number of rotatable bonds is 5. The molecule has 0 bridgehead atoms. The molecule has 1 aromatic heterocycles. The van der Waals surface area contributed by atoms with Crippen molar-refractivity contribution >= 4 is 40.0 Å². The predicted molar refractivity (Wildman–Crippen MR) is 132 cm³/mol. The van der Waals surface area contributed by atoms with Gasteiger partial charge >= 0.3 is 6.03 Å². The maximum Gasteiger partial charge on any atom is 0.323 e. The van der Waals surface area contributed by atoms with E-state index in [1.54, 1.807) is 67.6 Å². The van der Waals surface area contributed by atoms with Gasteiger partial charge in [0.1, 0.15) is 0 Å². The van der Waals surface area contributed by atoms with E-state index >= 15 is 0 Å². The summed E-state index contributed by atoms with van der Waals surface area (Å²) < 4.78 is 1.19. The van der Waals surface area contributed by atoms with Crippen molar-refractivity contribution in [1.29, 1.82) is 0 Å². The van der Waals surface area contributed by atoms with E-state index in [4.69, 9.17) is 0 Å². The number of carbonyl (C=O) groups is 3. The Kier molecular flexibility index (Phi) is 6.82. The summed E-state index contributed by atoms with van der Waals surface area (Å²) in [4.78, 5) is 49.8. The summed E-state index contributed by atoms with van der Waals surface area (Å²) in [5.74, 6) is -1.22. The molecule has 10 nitrogen and oxygen atoms in total. The van der Waals surface area contributed by atoms with Crippen molar-refractivity contribution in [1.82, 2.24) is 20.6 Å². The molecule has 176 valence electrons. The topological polar surface area (TPSA) is 134 Å². The third kappa shape index (κ3) is 5.33. The molecule has 1 heterocycles. The van der Waals surface area contributed by atoms with Crippen molar-refractivity contribution in [3.63, 3.8) is 0 Å². The number of hydrogen-bond donors (Lipinski definition) is 4. The summed E-state index contributed by atoms with van der Waals surface area (Å²) in [6.07, 6.45) is 0. The molecule has 3 aromatic carbocycles. The molecular formula is C25H22N6O4. The normalized spacial score (nSPS) is 10.4. The molecule has 0 unspecified atom stereocenters. The minimum absolute atomic E-state index is 0.0197. The summed E-state index contributed by atoms with van der Waals surface area (Å²) in [6.45, 7) is 2.04. The zero-order valence-corrected chi connectivity index (χ0v) is 18.7. The van der Waals surface area contributed by atoms with Crippen LogP contribution in [0.25, 0.3) is 10.8 Å². The summed E-state index contributed by atoms with van der Waals surface area (Å²) in [5.41, 5.74) is 5.79. The van der Waals surface area contributed by atoms with Gasteiger partial charge in [-0.15, -0.1) is 0 Å². The van der Waals surface area contributed by atoms with Crippen LogP contribution in [0.3, 0.4) is 0 Å². The van der Waals surface area contributed by atoms with Gasteiger partial charge in [-0.1, -0.05) is 36.4 Å². The lowest BCUT2D eigenvalue weighted by Gasteiger charge is -2.11. The van der Waals surface area contributed by atoms with Gasteiger partial charge in [0.05, 0.1) is 5.39 Å². The Balaban J connectivity index is 1.39. The SMILES string of the molecule is CCn1nc(C(=O)NNC(=O)c2ccc(NC(=O)Nc3ccccc3)cc2)c2ccccc2c1=O. The van der Waals surface area contributed by atoms with Crippen LogP contribution in [0.4, 0.5) is 16.2 Å². The Hall–Kier alpha value is -4.99.